The van der Waals surface area contributed by atoms with E-state index in [0.29, 0.717) is 35.7 Å². The molecule has 1 aromatic heterocycles. The Hall–Kier alpha value is -6.33. The summed E-state index contributed by atoms with van der Waals surface area (Å²) in [5.41, 5.74) is 0.676. The molecule has 3 aromatic rings. The van der Waals surface area contributed by atoms with Crippen molar-refractivity contribution in [3.63, 3.8) is 0 Å². The number of carbonyl (C=O) groups is 4. The highest BCUT2D eigenvalue weighted by Crippen LogP contribution is 2.35. The first kappa shape index (κ1) is 34.5. The van der Waals surface area contributed by atoms with Gasteiger partial charge in [0.25, 0.3) is 11.8 Å². The molecule has 0 radical (unpaired) electrons. The number of anilines is 2. The fourth-order valence-corrected chi connectivity index (χ4v) is 5.97. The molecule has 14 heteroatoms. The number of aromatic nitrogens is 2. The Labute approximate surface area is 291 Å². The van der Waals surface area contributed by atoms with E-state index in [4.69, 9.17) is 0 Å². The lowest BCUT2D eigenvalue weighted by Crippen LogP contribution is -2.54. The van der Waals surface area contributed by atoms with Crippen LogP contribution in [-0.4, -0.2) is 57.4 Å². The monoisotopic (exact) mass is 693 g/mol. The number of halogens is 3. The molecule has 4 heterocycles. The maximum atomic E-state index is 13.3. The molecule has 4 amide bonds. The zero-order valence-corrected chi connectivity index (χ0v) is 27.7. The quantitative estimate of drug-likeness (QED) is 0.286. The topological polar surface area (TPSA) is 140 Å². The van der Waals surface area contributed by atoms with Gasteiger partial charge in [0.05, 0.1) is 39.4 Å². The van der Waals surface area contributed by atoms with Crippen LogP contribution in [0.25, 0.3) is 0 Å². The van der Waals surface area contributed by atoms with Crippen molar-refractivity contribution in [2.75, 3.05) is 23.3 Å². The van der Waals surface area contributed by atoms with Crippen LogP contribution in [0.3, 0.4) is 0 Å². The summed E-state index contributed by atoms with van der Waals surface area (Å²) in [5.74, 6) is 9.19. The third kappa shape index (κ3) is 6.42. The summed E-state index contributed by atoms with van der Waals surface area (Å²) in [4.78, 5) is 53.0. The largest absolute Gasteiger partial charge is 0.416 e. The second kappa shape index (κ2) is 12.8. The van der Waals surface area contributed by atoms with Gasteiger partial charge < -0.3 is 10.2 Å². The first-order chi connectivity index (χ1) is 24.1. The van der Waals surface area contributed by atoms with E-state index in [1.165, 1.54) is 17.7 Å². The molecule has 6 rings (SSSR count). The number of piperidine rings is 1. The van der Waals surface area contributed by atoms with Crippen LogP contribution in [0.1, 0.15) is 76.7 Å². The van der Waals surface area contributed by atoms with E-state index in [-0.39, 0.29) is 41.1 Å². The molecular weight excluding hydrogens is 663 g/mol. The molecule has 11 nitrogen and oxygen atoms in total. The first-order valence-electron chi connectivity index (χ1n) is 15.8. The van der Waals surface area contributed by atoms with Crippen molar-refractivity contribution in [2.45, 2.75) is 51.4 Å². The van der Waals surface area contributed by atoms with E-state index in [0.717, 1.165) is 17.0 Å². The third-order valence-corrected chi connectivity index (χ3v) is 9.10. The summed E-state index contributed by atoms with van der Waals surface area (Å²) < 4.78 is 41.4. The Kier molecular flexibility index (Phi) is 8.70. The highest BCUT2D eigenvalue weighted by Gasteiger charge is 2.45. The number of benzene rings is 2. The second-order valence-corrected chi connectivity index (χ2v) is 12.8. The van der Waals surface area contributed by atoms with Crippen LogP contribution in [0.4, 0.5) is 24.5 Å². The third-order valence-electron chi connectivity index (χ3n) is 9.10. The number of hydrogen-bond donors (Lipinski definition) is 2. The number of nitrogens with one attached hydrogen (secondary N) is 2. The van der Waals surface area contributed by atoms with Crippen molar-refractivity contribution in [1.82, 2.24) is 20.0 Å². The van der Waals surface area contributed by atoms with Gasteiger partial charge in [-0.2, -0.15) is 23.5 Å². The Morgan fingerprint density at radius 1 is 1.02 bits per heavy atom. The molecule has 1 unspecified atom stereocenters. The minimum atomic E-state index is -4.52. The summed E-state index contributed by atoms with van der Waals surface area (Å²) in [6.45, 7) is 10.2. The van der Waals surface area contributed by atoms with Crippen molar-refractivity contribution in [1.29, 1.82) is 5.26 Å². The predicted octanol–water partition coefficient (Wildman–Crippen LogP) is 4.39. The summed E-state index contributed by atoms with van der Waals surface area (Å²) in [6, 6.07) is 9.14. The number of imide groups is 2. The molecule has 3 aliphatic heterocycles. The number of alkyl halides is 3. The highest BCUT2D eigenvalue weighted by molar-refractivity contribution is 6.23. The van der Waals surface area contributed by atoms with Crippen LogP contribution in [0.2, 0.25) is 0 Å². The number of allylic oxidation sites excluding steroid dienone is 1. The summed E-state index contributed by atoms with van der Waals surface area (Å²) >= 11 is 0. The Balaban J connectivity index is 1.13. The number of fused-ring (bicyclic) bond motifs is 1. The van der Waals surface area contributed by atoms with Crippen molar-refractivity contribution in [3.05, 3.63) is 88.4 Å². The van der Waals surface area contributed by atoms with E-state index >= 15 is 0 Å². The van der Waals surface area contributed by atoms with Crippen LogP contribution in [0.5, 0.6) is 0 Å². The minimum absolute atomic E-state index is 0.0357. The number of hydrogen-bond acceptors (Lipinski definition) is 8. The van der Waals surface area contributed by atoms with E-state index in [9.17, 15) is 37.6 Å². The molecule has 2 fully saturated rings. The average molecular weight is 694 g/mol. The maximum absolute atomic E-state index is 13.3. The van der Waals surface area contributed by atoms with Crippen molar-refractivity contribution >= 4 is 35.0 Å². The van der Waals surface area contributed by atoms with Gasteiger partial charge in [0.15, 0.2) is 5.69 Å². The Bertz CT molecular complexity index is 2200. The van der Waals surface area contributed by atoms with Crippen LogP contribution in [0.15, 0.2) is 54.9 Å². The van der Waals surface area contributed by atoms with Crippen LogP contribution >= 0.6 is 0 Å². The normalized spacial score (nSPS) is 17.4. The van der Waals surface area contributed by atoms with Crippen molar-refractivity contribution in [2.24, 2.45) is 5.92 Å². The van der Waals surface area contributed by atoms with E-state index < -0.39 is 46.9 Å². The molecule has 0 bridgehead atoms. The van der Waals surface area contributed by atoms with Gasteiger partial charge in [-0.1, -0.05) is 24.3 Å². The van der Waals surface area contributed by atoms with Crippen LogP contribution < -0.4 is 15.5 Å². The molecule has 0 aliphatic carbocycles. The predicted molar refractivity (Wildman–Crippen MR) is 179 cm³/mol. The molecule has 1 atom stereocenters. The SMILES string of the molecule is C=C(Nc1ccc(C(F)(F)F)cc1C#CC)C(C)(C)n1cc(C#CC2CN(c3ccc4c(c3)C(=O)N(C3CCC(=O)NC3=O)C4=O)C2)c(C#N)n1. The van der Waals surface area contributed by atoms with Gasteiger partial charge in [-0.05, 0) is 63.6 Å². The lowest BCUT2D eigenvalue weighted by atomic mass is 9.98. The Morgan fingerprint density at radius 2 is 1.75 bits per heavy atom. The number of nitriles is 1. The van der Waals surface area contributed by atoms with E-state index in [1.807, 2.05) is 4.90 Å². The fourth-order valence-electron chi connectivity index (χ4n) is 5.97. The van der Waals surface area contributed by atoms with Crippen molar-refractivity contribution in [3.8, 4) is 29.8 Å². The molecule has 51 heavy (non-hydrogen) atoms. The van der Waals surface area contributed by atoms with Gasteiger partial charge in [0, 0.05) is 42.7 Å². The lowest BCUT2D eigenvalue weighted by molar-refractivity contribution is -0.138. The maximum Gasteiger partial charge on any atom is 0.416 e. The summed E-state index contributed by atoms with van der Waals surface area (Å²) in [6.07, 6.45) is -2.80. The molecule has 2 saturated heterocycles. The first-order valence-corrected chi connectivity index (χ1v) is 15.8. The van der Waals surface area contributed by atoms with Gasteiger partial charge in [-0.15, -0.1) is 5.92 Å². The van der Waals surface area contributed by atoms with E-state index in [2.05, 4.69) is 52.1 Å². The second-order valence-electron chi connectivity index (χ2n) is 12.8. The lowest BCUT2D eigenvalue weighted by Gasteiger charge is -2.38. The van der Waals surface area contributed by atoms with Gasteiger partial charge in [-0.25, -0.2) is 0 Å². The van der Waals surface area contributed by atoms with Crippen LogP contribution in [0, 0.1) is 40.9 Å². The number of rotatable bonds is 6. The smallest absolute Gasteiger partial charge is 0.369 e. The molecule has 3 aliphatic rings. The fraction of sp³-hybridized carbons (Fsp3) is 0.297. The van der Waals surface area contributed by atoms with E-state index in [1.54, 1.807) is 38.2 Å². The summed E-state index contributed by atoms with van der Waals surface area (Å²) in [7, 11) is 0. The highest BCUT2D eigenvalue weighted by atomic mass is 19.4. The molecular formula is C37H30F3N7O4. The average Bonchev–Trinajstić information content (AvgIpc) is 3.59. The zero-order valence-electron chi connectivity index (χ0n) is 27.7. The van der Waals surface area contributed by atoms with Gasteiger partial charge in [0.1, 0.15) is 12.1 Å². The number of carbonyl (C=O) groups excluding carboxylic acids is 4. The van der Waals surface area contributed by atoms with Crippen molar-refractivity contribution < 1.29 is 32.3 Å². The standard InChI is InChI=1S/C37H30F3N7O4/c1-5-6-23-15-25(37(38,39)40)9-12-29(23)42-21(2)36(3,4)46-20-24(30(17-41)44-46)8-7-22-18-45(19-22)26-10-11-27-28(16-26)35(51)47(34(27)50)31-13-14-32(48)43-33(31)49/h9-12,15-16,20,22,31,42H,2,13-14,18-19H2,1,3-4H3,(H,43,48,49). The molecule has 0 spiro atoms. The molecule has 2 N–H and O–H groups in total. The molecule has 0 saturated carbocycles. The van der Waals surface area contributed by atoms with Gasteiger partial charge in [0.2, 0.25) is 11.8 Å². The van der Waals surface area contributed by atoms with Gasteiger partial charge in [-0.3, -0.25) is 34.1 Å². The summed E-state index contributed by atoms with van der Waals surface area (Å²) in [5, 5.41) is 19.5. The minimum Gasteiger partial charge on any atom is -0.369 e. The number of nitrogens with zero attached hydrogens (tertiary/aromatic N) is 5. The Morgan fingerprint density at radius 3 is 2.41 bits per heavy atom. The molecule has 2 aromatic carbocycles. The zero-order chi connectivity index (χ0) is 36.8. The van der Waals surface area contributed by atoms with Gasteiger partial charge >= 0.3 is 6.18 Å². The van der Waals surface area contributed by atoms with Crippen LogP contribution in [-0.2, 0) is 21.3 Å². The number of amides is 4. The molecule has 258 valence electrons.